The molecule has 0 bridgehead atoms. The molecule has 0 radical (unpaired) electrons. The lowest BCUT2D eigenvalue weighted by Gasteiger charge is -2.31. The molecule has 1 atom stereocenters. The molecule has 2 aromatic heterocycles. The van der Waals surface area contributed by atoms with Crippen molar-refractivity contribution in [2.24, 2.45) is 0 Å². The van der Waals surface area contributed by atoms with Crippen LogP contribution in [0.15, 0.2) is 71.6 Å². The third-order valence-electron chi connectivity index (χ3n) is 5.75. The van der Waals surface area contributed by atoms with Crippen molar-refractivity contribution >= 4 is 23.5 Å². The number of hydrogen-bond acceptors (Lipinski definition) is 6. The van der Waals surface area contributed by atoms with Gasteiger partial charge in [-0.15, -0.1) is 0 Å². The SMILES string of the molecule is COC(=O)c1ccc(N(C(=O)c2ccco2)C(C(=O)NC2CCCC2)c2ccncc2)cc1. The Hall–Kier alpha value is -3.94. The first-order valence-corrected chi connectivity index (χ1v) is 10.8. The summed E-state index contributed by atoms with van der Waals surface area (Å²) >= 11 is 0. The van der Waals surface area contributed by atoms with Crippen LogP contribution >= 0.6 is 0 Å². The van der Waals surface area contributed by atoms with Gasteiger partial charge in [-0.2, -0.15) is 0 Å². The minimum Gasteiger partial charge on any atom is -0.465 e. The van der Waals surface area contributed by atoms with Gasteiger partial charge in [0.2, 0.25) is 5.91 Å². The van der Waals surface area contributed by atoms with E-state index in [0.29, 0.717) is 16.8 Å². The summed E-state index contributed by atoms with van der Waals surface area (Å²) in [4.78, 5) is 44.5. The third-order valence-corrected chi connectivity index (χ3v) is 5.75. The van der Waals surface area contributed by atoms with E-state index in [-0.39, 0.29) is 17.7 Å². The molecule has 8 heteroatoms. The highest BCUT2D eigenvalue weighted by molar-refractivity contribution is 6.08. The molecule has 33 heavy (non-hydrogen) atoms. The monoisotopic (exact) mass is 447 g/mol. The molecule has 2 amide bonds. The van der Waals surface area contributed by atoms with Crippen LogP contribution in [0.3, 0.4) is 0 Å². The second kappa shape index (κ2) is 10.1. The van der Waals surface area contributed by atoms with Crippen molar-refractivity contribution in [2.75, 3.05) is 12.0 Å². The number of aromatic nitrogens is 1. The zero-order valence-electron chi connectivity index (χ0n) is 18.3. The van der Waals surface area contributed by atoms with E-state index in [0.717, 1.165) is 25.7 Å². The maximum atomic E-state index is 13.6. The number of carbonyl (C=O) groups is 3. The van der Waals surface area contributed by atoms with Crippen molar-refractivity contribution in [3.63, 3.8) is 0 Å². The van der Waals surface area contributed by atoms with E-state index in [1.165, 1.54) is 18.3 Å². The second-order valence-corrected chi connectivity index (χ2v) is 7.86. The highest BCUT2D eigenvalue weighted by Gasteiger charge is 2.35. The first-order valence-electron chi connectivity index (χ1n) is 10.8. The van der Waals surface area contributed by atoms with Crippen LogP contribution < -0.4 is 10.2 Å². The van der Waals surface area contributed by atoms with Crippen LogP contribution in [0.4, 0.5) is 5.69 Å². The summed E-state index contributed by atoms with van der Waals surface area (Å²) in [7, 11) is 1.30. The van der Waals surface area contributed by atoms with Gasteiger partial charge in [0.25, 0.3) is 5.91 Å². The van der Waals surface area contributed by atoms with Crippen LogP contribution in [0.2, 0.25) is 0 Å². The summed E-state index contributed by atoms with van der Waals surface area (Å²) in [5, 5.41) is 3.11. The number of ether oxygens (including phenoxy) is 1. The van der Waals surface area contributed by atoms with Gasteiger partial charge in [-0.1, -0.05) is 12.8 Å². The molecule has 0 spiro atoms. The molecule has 8 nitrogen and oxygen atoms in total. The molecule has 1 N–H and O–H groups in total. The molecule has 1 aliphatic carbocycles. The number of methoxy groups -OCH3 is 1. The van der Waals surface area contributed by atoms with Gasteiger partial charge in [0, 0.05) is 24.1 Å². The predicted octanol–water partition coefficient (Wildman–Crippen LogP) is 3.91. The number of benzene rings is 1. The molecule has 3 aromatic rings. The summed E-state index contributed by atoms with van der Waals surface area (Å²) in [6.45, 7) is 0. The molecule has 2 heterocycles. The highest BCUT2D eigenvalue weighted by Crippen LogP contribution is 2.31. The van der Waals surface area contributed by atoms with Gasteiger partial charge in [-0.05, 0) is 66.9 Å². The number of hydrogen-bond donors (Lipinski definition) is 1. The summed E-state index contributed by atoms with van der Waals surface area (Å²) < 4.78 is 10.1. The molecule has 1 unspecified atom stereocenters. The zero-order valence-corrected chi connectivity index (χ0v) is 18.3. The van der Waals surface area contributed by atoms with Crippen LogP contribution in [0.25, 0.3) is 0 Å². The van der Waals surface area contributed by atoms with Gasteiger partial charge in [0.05, 0.1) is 18.9 Å². The van der Waals surface area contributed by atoms with Gasteiger partial charge < -0.3 is 14.5 Å². The number of rotatable bonds is 7. The first kappa shape index (κ1) is 22.3. The fourth-order valence-electron chi connectivity index (χ4n) is 4.09. The van der Waals surface area contributed by atoms with Crippen molar-refractivity contribution in [3.05, 3.63) is 84.1 Å². The standard InChI is InChI=1S/C25H25N3O5/c1-32-25(31)18-8-10-20(11-9-18)28(24(30)21-7-4-16-33-21)22(17-12-14-26-15-13-17)23(29)27-19-5-2-3-6-19/h4,7-16,19,22H,2-3,5-6H2,1H3,(H,27,29). The molecule has 1 aliphatic rings. The quantitative estimate of drug-likeness (QED) is 0.551. The van der Waals surface area contributed by atoms with Crippen LogP contribution in [-0.2, 0) is 9.53 Å². The number of esters is 1. The Labute approximate surface area is 191 Å². The van der Waals surface area contributed by atoms with Gasteiger partial charge >= 0.3 is 5.97 Å². The van der Waals surface area contributed by atoms with Crippen molar-refractivity contribution in [1.29, 1.82) is 0 Å². The molecule has 1 aromatic carbocycles. The fraction of sp³-hybridized carbons (Fsp3) is 0.280. The normalized spacial score (nSPS) is 14.5. The van der Waals surface area contributed by atoms with E-state index in [4.69, 9.17) is 9.15 Å². The van der Waals surface area contributed by atoms with Gasteiger partial charge in [0.1, 0.15) is 6.04 Å². The Bertz CT molecular complexity index is 1090. The molecule has 0 saturated heterocycles. The zero-order chi connectivity index (χ0) is 23.2. The molecule has 170 valence electrons. The molecule has 0 aliphatic heterocycles. The molecule has 1 fully saturated rings. The summed E-state index contributed by atoms with van der Waals surface area (Å²) in [6, 6.07) is 12.1. The molecular formula is C25H25N3O5. The lowest BCUT2D eigenvalue weighted by molar-refractivity contribution is -0.123. The van der Waals surface area contributed by atoms with E-state index in [9.17, 15) is 14.4 Å². The fourth-order valence-corrected chi connectivity index (χ4v) is 4.09. The van der Waals surface area contributed by atoms with Crippen LogP contribution in [0.1, 0.15) is 58.2 Å². The summed E-state index contributed by atoms with van der Waals surface area (Å²) in [5.74, 6) is -1.16. The van der Waals surface area contributed by atoms with Crippen LogP contribution in [-0.4, -0.2) is 35.9 Å². The maximum Gasteiger partial charge on any atom is 0.337 e. The number of nitrogens with one attached hydrogen (secondary N) is 1. The largest absolute Gasteiger partial charge is 0.465 e. The predicted molar refractivity (Wildman–Crippen MR) is 121 cm³/mol. The average Bonchev–Trinajstić information content (AvgIpc) is 3.57. The van der Waals surface area contributed by atoms with E-state index in [2.05, 4.69) is 10.3 Å². The molecule has 1 saturated carbocycles. The highest BCUT2D eigenvalue weighted by atomic mass is 16.5. The first-order chi connectivity index (χ1) is 16.1. The number of carbonyl (C=O) groups excluding carboxylic acids is 3. The Balaban J connectivity index is 1.78. The lowest BCUT2D eigenvalue weighted by atomic mass is 10.0. The Morgan fingerprint density at radius 2 is 1.76 bits per heavy atom. The Morgan fingerprint density at radius 3 is 2.36 bits per heavy atom. The van der Waals surface area contributed by atoms with Gasteiger partial charge in [0.15, 0.2) is 5.76 Å². The number of amides is 2. The topological polar surface area (TPSA) is 102 Å². The van der Waals surface area contributed by atoms with Crippen LogP contribution in [0, 0.1) is 0 Å². The Morgan fingerprint density at radius 1 is 1.06 bits per heavy atom. The van der Waals surface area contributed by atoms with Gasteiger partial charge in [-0.25, -0.2) is 4.79 Å². The van der Waals surface area contributed by atoms with Gasteiger partial charge in [-0.3, -0.25) is 19.5 Å². The van der Waals surface area contributed by atoms with Crippen molar-refractivity contribution in [1.82, 2.24) is 10.3 Å². The molecular weight excluding hydrogens is 422 g/mol. The van der Waals surface area contributed by atoms with Crippen molar-refractivity contribution in [3.8, 4) is 0 Å². The van der Waals surface area contributed by atoms with Crippen LogP contribution in [0.5, 0.6) is 0 Å². The maximum absolute atomic E-state index is 13.6. The second-order valence-electron chi connectivity index (χ2n) is 7.86. The van der Waals surface area contributed by atoms with E-state index in [1.54, 1.807) is 60.9 Å². The minimum absolute atomic E-state index is 0.0732. The average molecular weight is 447 g/mol. The lowest BCUT2D eigenvalue weighted by Crippen LogP contribution is -2.46. The van der Waals surface area contributed by atoms with Crippen molar-refractivity contribution < 1.29 is 23.5 Å². The van der Waals surface area contributed by atoms with E-state index in [1.807, 2.05) is 0 Å². The third kappa shape index (κ3) is 4.95. The van der Waals surface area contributed by atoms with E-state index >= 15 is 0 Å². The summed E-state index contributed by atoms with van der Waals surface area (Å²) in [5.41, 5.74) is 1.38. The number of furan rings is 1. The Kier molecular flexibility index (Phi) is 6.83. The number of nitrogens with zero attached hydrogens (tertiary/aromatic N) is 2. The minimum atomic E-state index is -0.963. The molecule has 4 rings (SSSR count). The van der Waals surface area contributed by atoms with E-state index < -0.39 is 17.9 Å². The number of anilines is 1. The smallest absolute Gasteiger partial charge is 0.337 e. The van der Waals surface area contributed by atoms with Crippen molar-refractivity contribution in [2.45, 2.75) is 37.8 Å². The number of pyridine rings is 1. The summed E-state index contributed by atoms with van der Waals surface area (Å²) in [6.07, 6.45) is 8.53.